The lowest BCUT2D eigenvalue weighted by atomic mass is 10.0. The molecule has 0 spiro atoms. The van der Waals surface area contributed by atoms with Crippen molar-refractivity contribution in [2.45, 2.75) is 33.6 Å². The van der Waals surface area contributed by atoms with Crippen molar-refractivity contribution < 1.29 is 14.3 Å². The number of nitrogens with one attached hydrogen (secondary N) is 2. The third-order valence-corrected chi connectivity index (χ3v) is 4.81. The van der Waals surface area contributed by atoms with Crippen LogP contribution in [0.25, 0.3) is 0 Å². The van der Waals surface area contributed by atoms with Crippen LogP contribution in [0.2, 0.25) is 0 Å². The third kappa shape index (κ3) is 3.72. The standard InChI is InChI=1S/C21H24N2O3/c1-4-26-18-9-7-16(8-10-18)22-19(24)21(11-12-21)20(25)23-17-6-5-14(2)15(3)13-17/h5-10,13H,4,11-12H2,1-3H3,(H,22,24)(H,23,25). The molecule has 0 radical (unpaired) electrons. The molecule has 2 aromatic carbocycles. The van der Waals surface area contributed by atoms with Crippen LogP contribution in [0.1, 0.15) is 30.9 Å². The molecule has 2 aromatic rings. The smallest absolute Gasteiger partial charge is 0.240 e. The number of carbonyl (C=O) groups is 2. The van der Waals surface area contributed by atoms with Gasteiger partial charge in [0.1, 0.15) is 11.2 Å². The molecule has 5 heteroatoms. The fourth-order valence-corrected chi connectivity index (χ4v) is 2.80. The Kier molecular flexibility index (Phi) is 4.98. The van der Waals surface area contributed by atoms with E-state index in [0.717, 1.165) is 22.6 Å². The quantitative estimate of drug-likeness (QED) is 0.771. The first-order valence-corrected chi connectivity index (χ1v) is 8.87. The number of hydrogen-bond acceptors (Lipinski definition) is 3. The van der Waals surface area contributed by atoms with Gasteiger partial charge in [-0.3, -0.25) is 9.59 Å². The van der Waals surface area contributed by atoms with Gasteiger partial charge in [0.05, 0.1) is 6.61 Å². The maximum absolute atomic E-state index is 12.7. The van der Waals surface area contributed by atoms with E-state index in [0.29, 0.717) is 25.1 Å². The molecule has 0 unspecified atom stereocenters. The van der Waals surface area contributed by atoms with E-state index < -0.39 is 5.41 Å². The lowest BCUT2D eigenvalue weighted by Crippen LogP contribution is -2.35. The molecule has 1 aliphatic rings. The summed E-state index contributed by atoms with van der Waals surface area (Å²) < 4.78 is 5.39. The summed E-state index contributed by atoms with van der Waals surface area (Å²) in [6, 6.07) is 12.9. The molecule has 1 fully saturated rings. The van der Waals surface area contributed by atoms with Crippen molar-refractivity contribution in [3.05, 3.63) is 53.6 Å². The summed E-state index contributed by atoms with van der Waals surface area (Å²) in [5.74, 6) is 0.242. The van der Waals surface area contributed by atoms with Crippen LogP contribution in [0.4, 0.5) is 11.4 Å². The van der Waals surface area contributed by atoms with E-state index in [-0.39, 0.29) is 11.8 Å². The Hall–Kier alpha value is -2.82. The summed E-state index contributed by atoms with van der Waals surface area (Å²) in [7, 11) is 0. The van der Waals surface area contributed by atoms with E-state index in [1.165, 1.54) is 0 Å². The van der Waals surface area contributed by atoms with Gasteiger partial charge in [-0.15, -0.1) is 0 Å². The summed E-state index contributed by atoms with van der Waals surface area (Å²) >= 11 is 0. The molecule has 5 nitrogen and oxygen atoms in total. The van der Waals surface area contributed by atoms with Crippen LogP contribution in [0.5, 0.6) is 5.75 Å². The van der Waals surface area contributed by atoms with Crippen LogP contribution < -0.4 is 15.4 Å². The Morgan fingerprint density at radius 1 is 0.923 bits per heavy atom. The zero-order chi connectivity index (χ0) is 18.7. The molecule has 136 valence electrons. The maximum Gasteiger partial charge on any atom is 0.240 e. The van der Waals surface area contributed by atoms with Crippen molar-refractivity contribution in [3.8, 4) is 5.75 Å². The van der Waals surface area contributed by atoms with Crippen molar-refractivity contribution >= 4 is 23.2 Å². The highest BCUT2D eigenvalue weighted by atomic mass is 16.5. The molecule has 2 N–H and O–H groups in total. The largest absolute Gasteiger partial charge is 0.494 e. The highest BCUT2D eigenvalue weighted by Crippen LogP contribution is 2.47. The molecular formula is C21H24N2O3. The molecule has 1 saturated carbocycles. The average Bonchev–Trinajstić information content (AvgIpc) is 3.42. The van der Waals surface area contributed by atoms with E-state index in [1.54, 1.807) is 24.3 Å². The molecule has 2 amide bonds. The second kappa shape index (κ2) is 7.20. The third-order valence-electron chi connectivity index (χ3n) is 4.81. The van der Waals surface area contributed by atoms with Gasteiger partial charge in [0.2, 0.25) is 11.8 Å². The fraction of sp³-hybridized carbons (Fsp3) is 0.333. The van der Waals surface area contributed by atoms with Gasteiger partial charge < -0.3 is 15.4 Å². The van der Waals surface area contributed by atoms with E-state index >= 15 is 0 Å². The molecule has 0 heterocycles. The summed E-state index contributed by atoms with van der Waals surface area (Å²) in [6.45, 7) is 6.53. The van der Waals surface area contributed by atoms with E-state index in [9.17, 15) is 9.59 Å². The van der Waals surface area contributed by atoms with Crippen molar-refractivity contribution in [1.82, 2.24) is 0 Å². The van der Waals surface area contributed by atoms with E-state index in [2.05, 4.69) is 10.6 Å². The van der Waals surface area contributed by atoms with Crippen molar-refractivity contribution in [2.75, 3.05) is 17.2 Å². The van der Waals surface area contributed by atoms with Gasteiger partial charge in [-0.05, 0) is 81.1 Å². The van der Waals surface area contributed by atoms with Crippen LogP contribution in [-0.4, -0.2) is 18.4 Å². The van der Waals surface area contributed by atoms with Gasteiger partial charge in [-0.2, -0.15) is 0 Å². The highest BCUT2D eigenvalue weighted by Gasteiger charge is 2.56. The van der Waals surface area contributed by atoms with E-state index in [4.69, 9.17) is 4.74 Å². The number of hydrogen-bond donors (Lipinski definition) is 2. The first-order chi connectivity index (χ1) is 12.4. The lowest BCUT2D eigenvalue weighted by molar-refractivity contribution is -0.131. The fourth-order valence-electron chi connectivity index (χ4n) is 2.80. The first kappa shape index (κ1) is 18.0. The molecule has 0 atom stereocenters. The molecule has 0 saturated heterocycles. The Bertz CT molecular complexity index is 824. The first-order valence-electron chi connectivity index (χ1n) is 8.87. The van der Waals surface area contributed by atoms with Crippen LogP contribution in [0, 0.1) is 19.3 Å². The minimum Gasteiger partial charge on any atom is -0.494 e. The van der Waals surface area contributed by atoms with Gasteiger partial charge in [-0.25, -0.2) is 0 Å². The minimum absolute atomic E-state index is 0.246. The van der Waals surface area contributed by atoms with Crippen LogP contribution >= 0.6 is 0 Å². The molecule has 0 bridgehead atoms. The van der Waals surface area contributed by atoms with Crippen molar-refractivity contribution in [1.29, 1.82) is 0 Å². The number of carbonyl (C=O) groups excluding carboxylic acids is 2. The van der Waals surface area contributed by atoms with Gasteiger partial charge in [0, 0.05) is 11.4 Å². The summed E-state index contributed by atoms with van der Waals surface area (Å²) in [5.41, 5.74) is 2.67. The highest BCUT2D eigenvalue weighted by molar-refractivity contribution is 6.16. The summed E-state index contributed by atoms with van der Waals surface area (Å²) in [4.78, 5) is 25.3. The molecule has 0 aliphatic heterocycles. The van der Waals surface area contributed by atoms with Gasteiger partial charge >= 0.3 is 0 Å². The Labute approximate surface area is 153 Å². The van der Waals surface area contributed by atoms with Gasteiger partial charge in [-0.1, -0.05) is 6.07 Å². The monoisotopic (exact) mass is 352 g/mol. The predicted molar refractivity (Wildman–Crippen MR) is 102 cm³/mol. The van der Waals surface area contributed by atoms with Crippen LogP contribution in [0.3, 0.4) is 0 Å². The van der Waals surface area contributed by atoms with Crippen molar-refractivity contribution in [2.24, 2.45) is 5.41 Å². The molecule has 3 rings (SSSR count). The topological polar surface area (TPSA) is 67.4 Å². The number of benzene rings is 2. The van der Waals surface area contributed by atoms with Gasteiger partial charge in [0.25, 0.3) is 0 Å². The maximum atomic E-state index is 12.7. The predicted octanol–water partition coefficient (Wildman–Crippen LogP) is 4.06. The SMILES string of the molecule is CCOc1ccc(NC(=O)C2(C(=O)Nc3ccc(C)c(C)c3)CC2)cc1. The Morgan fingerprint density at radius 3 is 2.04 bits per heavy atom. The molecule has 26 heavy (non-hydrogen) atoms. The van der Waals surface area contributed by atoms with Crippen molar-refractivity contribution in [3.63, 3.8) is 0 Å². The number of ether oxygens (including phenoxy) is 1. The van der Waals surface area contributed by atoms with Crippen LogP contribution in [-0.2, 0) is 9.59 Å². The van der Waals surface area contributed by atoms with Crippen LogP contribution in [0.15, 0.2) is 42.5 Å². The zero-order valence-corrected chi connectivity index (χ0v) is 15.4. The summed E-state index contributed by atoms with van der Waals surface area (Å²) in [5, 5.41) is 5.73. The normalized spacial score (nSPS) is 14.4. The molecule has 0 aromatic heterocycles. The number of amides is 2. The molecule has 1 aliphatic carbocycles. The Balaban J connectivity index is 1.66. The van der Waals surface area contributed by atoms with E-state index in [1.807, 2.05) is 39.0 Å². The number of aryl methyl sites for hydroxylation is 2. The molecular weight excluding hydrogens is 328 g/mol. The second-order valence-corrected chi connectivity index (χ2v) is 6.75. The zero-order valence-electron chi connectivity index (χ0n) is 15.4. The minimum atomic E-state index is -0.975. The Morgan fingerprint density at radius 2 is 1.50 bits per heavy atom. The van der Waals surface area contributed by atoms with Gasteiger partial charge in [0.15, 0.2) is 0 Å². The number of rotatable bonds is 6. The average molecular weight is 352 g/mol. The second-order valence-electron chi connectivity index (χ2n) is 6.75. The lowest BCUT2D eigenvalue weighted by Gasteiger charge is -2.16. The number of anilines is 2. The summed E-state index contributed by atoms with van der Waals surface area (Å²) in [6.07, 6.45) is 1.12.